The Hall–Kier alpha value is -1.59. The molecular weight excluding hydrogens is 358 g/mol. The van der Waals surface area contributed by atoms with E-state index in [4.69, 9.17) is 0 Å². The average Bonchev–Trinajstić information content (AvgIpc) is 2.88. The van der Waals surface area contributed by atoms with Crippen molar-refractivity contribution in [3.63, 3.8) is 0 Å². The van der Waals surface area contributed by atoms with E-state index in [1.54, 1.807) is 5.38 Å². The zero-order valence-corrected chi connectivity index (χ0v) is 13.1. The van der Waals surface area contributed by atoms with Gasteiger partial charge in [-0.1, -0.05) is 18.2 Å². The topological polar surface area (TPSA) is 17.1 Å². The van der Waals surface area contributed by atoms with Gasteiger partial charge in [0.15, 0.2) is 5.78 Å². The average molecular weight is 367 g/mol. The number of carbonyl (C=O) groups is 1. The highest BCUT2D eigenvalue weighted by Crippen LogP contribution is 2.33. The molecule has 1 nitrogen and oxygen atoms in total. The van der Waals surface area contributed by atoms with Crippen LogP contribution in [0.5, 0.6) is 0 Å². The van der Waals surface area contributed by atoms with Crippen molar-refractivity contribution < 1.29 is 13.6 Å². The Morgan fingerprint density at radius 3 is 2.48 bits per heavy atom. The van der Waals surface area contributed by atoms with E-state index in [0.29, 0.717) is 5.56 Å². The molecule has 5 heteroatoms. The minimum atomic E-state index is -0.691. The molecule has 0 spiro atoms. The monoisotopic (exact) mass is 366 g/mol. The first-order valence-electron chi connectivity index (χ1n) is 6.19. The molecule has 0 amide bonds. The van der Waals surface area contributed by atoms with Crippen LogP contribution >= 0.6 is 27.3 Å². The lowest BCUT2D eigenvalue weighted by Crippen LogP contribution is -2.06. The first-order valence-corrected chi connectivity index (χ1v) is 7.87. The lowest BCUT2D eigenvalue weighted by molar-refractivity contribution is 0.0992. The van der Waals surface area contributed by atoms with Crippen LogP contribution in [0.3, 0.4) is 0 Å². The Balaban J connectivity index is 2.00. The molecule has 0 saturated carbocycles. The number of hydrogen-bond donors (Lipinski definition) is 0. The van der Waals surface area contributed by atoms with Crippen molar-refractivity contribution in [2.75, 3.05) is 0 Å². The van der Waals surface area contributed by atoms with E-state index in [1.807, 2.05) is 18.2 Å². The second kappa shape index (κ2) is 5.66. The summed E-state index contributed by atoms with van der Waals surface area (Å²) in [5, 5.41) is 2.53. The Bertz CT molecular complexity index is 821. The molecule has 0 fully saturated rings. The molecule has 0 aliphatic rings. The molecule has 0 saturated heterocycles. The quantitative estimate of drug-likeness (QED) is 0.569. The second-order valence-corrected chi connectivity index (χ2v) is 6.30. The maximum atomic E-state index is 13.6. The van der Waals surface area contributed by atoms with Gasteiger partial charge < -0.3 is 0 Å². The van der Waals surface area contributed by atoms with Gasteiger partial charge in [0.05, 0.1) is 0 Å². The maximum Gasteiger partial charge on any atom is 0.168 e. The molecule has 0 bridgehead atoms. The van der Waals surface area contributed by atoms with Crippen molar-refractivity contribution in [2.45, 2.75) is 6.42 Å². The first-order chi connectivity index (χ1) is 10.1. The summed E-state index contributed by atoms with van der Waals surface area (Å²) in [6.45, 7) is 0. The van der Waals surface area contributed by atoms with Crippen molar-refractivity contribution in [1.29, 1.82) is 0 Å². The summed E-state index contributed by atoms with van der Waals surface area (Å²) in [6.07, 6.45) is -0.281. The van der Waals surface area contributed by atoms with Gasteiger partial charge in [0, 0.05) is 37.5 Å². The maximum absolute atomic E-state index is 13.6. The number of ketones is 1. The molecule has 106 valence electrons. The summed E-state index contributed by atoms with van der Waals surface area (Å²) in [6, 6.07) is 9.17. The summed E-state index contributed by atoms with van der Waals surface area (Å²) in [4.78, 5) is 12.4. The number of halogens is 3. The van der Waals surface area contributed by atoms with Crippen LogP contribution in [0.2, 0.25) is 0 Å². The van der Waals surface area contributed by atoms with Gasteiger partial charge in [0.25, 0.3) is 0 Å². The third-order valence-electron chi connectivity index (χ3n) is 3.25. The van der Waals surface area contributed by atoms with Gasteiger partial charge in [0.2, 0.25) is 0 Å². The Labute approximate surface area is 132 Å². The number of thiophene rings is 1. The summed E-state index contributed by atoms with van der Waals surface area (Å²) in [5.41, 5.74) is 0.316. The number of rotatable bonds is 3. The van der Waals surface area contributed by atoms with Gasteiger partial charge in [-0.15, -0.1) is 11.3 Å². The fourth-order valence-electron chi connectivity index (χ4n) is 2.19. The van der Waals surface area contributed by atoms with Crippen LogP contribution in [-0.2, 0) is 6.42 Å². The molecule has 0 aliphatic carbocycles. The second-order valence-electron chi connectivity index (χ2n) is 4.57. The predicted molar refractivity (Wildman–Crippen MR) is 83.9 cm³/mol. The summed E-state index contributed by atoms with van der Waals surface area (Å²) in [5.74, 6) is -1.67. The zero-order chi connectivity index (χ0) is 15.0. The van der Waals surface area contributed by atoms with Gasteiger partial charge in [-0.25, -0.2) is 8.78 Å². The zero-order valence-electron chi connectivity index (χ0n) is 10.7. The van der Waals surface area contributed by atoms with Crippen LogP contribution in [0.1, 0.15) is 15.9 Å². The van der Waals surface area contributed by atoms with Crippen molar-refractivity contribution in [3.8, 4) is 0 Å². The fourth-order valence-corrected chi connectivity index (χ4v) is 3.82. The highest BCUT2D eigenvalue weighted by molar-refractivity contribution is 9.10. The lowest BCUT2D eigenvalue weighted by Gasteiger charge is -2.04. The molecule has 3 aromatic rings. The number of carbonyl (C=O) groups excluding carboxylic acids is 1. The highest BCUT2D eigenvalue weighted by Gasteiger charge is 2.18. The summed E-state index contributed by atoms with van der Waals surface area (Å²) < 4.78 is 29.1. The molecule has 2 aromatic carbocycles. The van der Waals surface area contributed by atoms with Crippen LogP contribution in [-0.4, -0.2) is 5.78 Å². The van der Waals surface area contributed by atoms with Crippen molar-refractivity contribution in [3.05, 3.63) is 69.0 Å². The minimum absolute atomic E-state index is 0.183. The van der Waals surface area contributed by atoms with E-state index in [9.17, 15) is 13.6 Å². The van der Waals surface area contributed by atoms with E-state index >= 15 is 0 Å². The standard InChI is InChI=1S/C16H9BrF2OS/c17-12-4-1-3-9-11(8-21-16(9)12)15(20)7-10-13(18)5-2-6-14(10)19/h1-6,8H,7H2. The Morgan fingerprint density at radius 1 is 1.10 bits per heavy atom. The molecule has 0 atom stereocenters. The van der Waals surface area contributed by atoms with Crippen LogP contribution in [0.4, 0.5) is 8.78 Å². The Kier molecular flexibility index (Phi) is 3.87. The van der Waals surface area contributed by atoms with Crippen LogP contribution < -0.4 is 0 Å². The highest BCUT2D eigenvalue weighted by atomic mass is 79.9. The summed E-state index contributed by atoms with van der Waals surface area (Å²) >= 11 is 4.86. The molecule has 0 aliphatic heterocycles. The molecule has 0 radical (unpaired) electrons. The van der Waals surface area contributed by atoms with Crippen LogP contribution in [0.15, 0.2) is 46.3 Å². The van der Waals surface area contributed by atoms with E-state index in [-0.39, 0.29) is 17.8 Å². The van der Waals surface area contributed by atoms with Gasteiger partial charge >= 0.3 is 0 Å². The number of Topliss-reactive ketones (excluding diaryl/α,β-unsaturated/α-hetero) is 1. The van der Waals surface area contributed by atoms with Crippen LogP contribution in [0, 0.1) is 11.6 Å². The van der Waals surface area contributed by atoms with E-state index in [1.165, 1.54) is 17.4 Å². The predicted octanol–water partition coefficient (Wildman–Crippen LogP) is 5.37. The smallest absolute Gasteiger partial charge is 0.168 e. The molecule has 1 heterocycles. The SMILES string of the molecule is O=C(Cc1c(F)cccc1F)c1csc2c(Br)cccc12. The molecule has 0 unspecified atom stereocenters. The van der Waals surface area contributed by atoms with E-state index in [0.717, 1.165) is 26.7 Å². The number of fused-ring (bicyclic) bond motifs is 1. The van der Waals surface area contributed by atoms with Crippen molar-refractivity contribution in [2.24, 2.45) is 0 Å². The van der Waals surface area contributed by atoms with Gasteiger partial charge in [-0.2, -0.15) is 0 Å². The first kappa shape index (κ1) is 14.4. The summed E-state index contributed by atoms with van der Waals surface area (Å²) in [7, 11) is 0. The third-order valence-corrected chi connectivity index (χ3v) is 5.20. The largest absolute Gasteiger partial charge is 0.294 e. The van der Waals surface area contributed by atoms with Crippen molar-refractivity contribution >= 4 is 43.1 Å². The lowest BCUT2D eigenvalue weighted by atomic mass is 10.0. The number of hydrogen-bond acceptors (Lipinski definition) is 2. The third kappa shape index (κ3) is 2.63. The molecule has 3 rings (SSSR count). The van der Waals surface area contributed by atoms with Crippen molar-refractivity contribution in [1.82, 2.24) is 0 Å². The van der Waals surface area contributed by atoms with Crippen LogP contribution in [0.25, 0.3) is 10.1 Å². The van der Waals surface area contributed by atoms with Gasteiger partial charge in [0.1, 0.15) is 11.6 Å². The van der Waals surface area contributed by atoms with Gasteiger partial charge in [-0.05, 0) is 34.1 Å². The fraction of sp³-hybridized carbons (Fsp3) is 0.0625. The molecule has 0 N–H and O–H groups in total. The number of benzene rings is 2. The normalized spacial score (nSPS) is 11.0. The minimum Gasteiger partial charge on any atom is -0.294 e. The Morgan fingerprint density at radius 2 is 1.76 bits per heavy atom. The van der Waals surface area contributed by atoms with E-state index in [2.05, 4.69) is 15.9 Å². The molecule has 1 aromatic heterocycles. The molecule has 21 heavy (non-hydrogen) atoms. The molecular formula is C16H9BrF2OS. The van der Waals surface area contributed by atoms with E-state index < -0.39 is 11.6 Å². The van der Waals surface area contributed by atoms with Gasteiger partial charge in [-0.3, -0.25) is 4.79 Å².